The van der Waals surface area contributed by atoms with Gasteiger partial charge < -0.3 is 9.64 Å². The minimum atomic E-state index is -0.638. The van der Waals surface area contributed by atoms with E-state index in [0.29, 0.717) is 53.8 Å². The number of likely N-dealkylation sites (tertiary alicyclic amines) is 1. The molecular formula is C28H27FN4O4. The van der Waals surface area contributed by atoms with Gasteiger partial charge in [0.2, 0.25) is 11.8 Å². The minimum Gasteiger partial charge on any atom is -0.489 e. The molecule has 1 N–H and O–H groups in total. The molecule has 2 fully saturated rings. The lowest BCUT2D eigenvalue weighted by atomic mass is 10.0. The van der Waals surface area contributed by atoms with Crippen LogP contribution in [0.4, 0.5) is 4.39 Å². The van der Waals surface area contributed by atoms with Gasteiger partial charge in [-0.15, -0.1) is 0 Å². The number of carbonyl (C=O) groups excluding carboxylic acids is 3. The Hall–Kier alpha value is -3.85. The van der Waals surface area contributed by atoms with Crippen LogP contribution in [0.5, 0.6) is 5.75 Å². The molecule has 9 heteroatoms. The van der Waals surface area contributed by atoms with E-state index in [9.17, 15) is 14.4 Å². The number of rotatable bonds is 5. The maximum atomic E-state index is 15.1. The molecule has 2 aromatic carbocycles. The van der Waals surface area contributed by atoms with Crippen molar-refractivity contribution < 1.29 is 23.5 Å². The molecule has 37 heavy (non-hydrogen) atoms. The molecule has 6 rings (SSSR count). The summed E-state index contributed by atoms with van der Waals surface area (Å²) in [5.41, 5.74) is 3.53. The zero-order valence-electron chi connectivity index (χ0n) is 20.5. The minimum absolute atomic E-state index is 0.0470. The van der Waals surface area contributed by atoms with Crippen molar-refractivity contribution in [3.05, 3.63) is 70.7 Å². The smallest absolute Gasteiger partial charge is 0.255 e. The van der Waals surface area contributed by atoms with Gasteiger partial charge in [-0.1, -0.05) is 6.07 Å². The molecule has 190 valence electrons. The second-order valence-corrected chi connectivity index (χ2v) is 10.0. The van der Waals surface area contributed by atoms with Gasteiger partial charge >= 0.3 is 0 Å². The molecule has 1 unspecified atom stereocenters. The van der Waals surface area contributed by atoms with Gasteiger partial charge in [0.05, 0.1) is 5.52 Å². The topological polar surface area (TPSA) is 91.8 Å². The number of imide groups is 1. The summed E-state index contributed by atoms with van der Waals surface area (Å²) >= 11 is 0. The Morgan fingerprint density at radius 3 is 2.81 bits per heavy atom. The van der Waals surface area contributed by atoms with Gasteiger partial charge in [-0.2, -0.15) is 0 Å². The first kappa shape index (κ1) is 23.5. The Labute approximate surface area is 213 Å². The number of amides is 3. The van der Waals surface area contributed by atoms with Crippen molar-refractivity contribution in [3.63, 3.8) is 0 Å². The third-order valence-corrected chi connectivity index (χ3v) is 7.45. The predicted molar refractivity (Wildman–Crippen MR) is 133 cm³/mol. The number of fused-ring (bicyclic) bond motifs is 2. The van der Waals surface area contributed by atoms with E-state index in [0.717, 1.165) is 24.2 Å². The molecule has 0 spiro atoms. The first-order valence-electron chi connectivity index (χ1n) is 12.6. The predicted octanol–water partition coefficient (Wildman–Crippen LogP) is 3.10. The van der Waals surface area contributed by atoms with Crippen LogP contribution >= 0.6 is 0 Å². The number of halogens is 1. The Bertz CT molecular complexity index is 1440. The third-order valence-electron chi connectivity index (χ3n) is 7.45. The van der Waals surface area contributed by atoms with Crippen molar-refractivity contribution in [2.24, 2.45) is 0 Å². The summed E-state index contributed by atoms with van der Waals surface area (Å²) in [4.78, 5) is 44.8. The van der Waals surface area contributed by atoms with E-state index >= 15 is 4.39 Å². The fourth-order valence-electron chi connectivity index (χ4n) is 5.53. The van der Waals surface area contributed by atoms with Crippen LogP contribution in [0.2, 0.25) is 0 Å². The number of carbonyl (C=O) groups is 3. The number of benzene rings is 2. The van der Waals surface area contributed by atoms with Crippen LogP contribution in [0, 0.1) is 12.7 Å². The van der Waals surface area contributed by atoms with Crippen molar-refractivity contribution in [1.29, 1.82) is 0 Å². The standard InChI is InChI=1S/C28H27FN4O4/c1-16-2-5-22-23(30-16)7-3-17(26(22)29)13-32-11-10-20(15-32)37-19-4-6-21-18(12-19)14-33(28(21)36)24-8-9-25(34)31-27(24)35/h2-7,12,20,24H,8-11,13-15H2,1H3,(H,31,34,35)/t20-,24?/m0/s1. The monoisotopic (exact) mass is 502 g/mol. The first-order valence-corrected chi connectivity index (χ1v) is 12.6. The van der Waals surface area contributed by atoms with E-state index in [-0.39, 0.29) is 30.2 Å². The van der Waals surface area contributed by atoms with Gasteiger partial charge in [-0.25, -0.2) is 4.39 Å². The van der Waals surface area contributed by atoms with E-state index in [1.165, 1.54) is 4.90 Å². The Morgan fingerprint density at radius 2 is 1.97 bits per heavy atom. The summed E-state index contributed by atoms with van der Waals surface area (Å²) in [5.74, 6) is -0.484. The number of aromatic nitrogens is 1. The van der Waals surface area contributed by atoms with Gasteiger partial charge in [0, 0.05) is 54.8 Å². The fourth-order valence-corrected chi connectivity index (χ4v) is 5.53. The molecule has 3 aromatic rings. The van der Waals surface area contributed by atoms with Crippen molar-refractivity contribution in [1.82, 2.24) is 20.1 Å². The van der Waals surface area contributed by atoms with E-state index in [2.05, 4.69) is 15.2 Å². The van der Waals surface area contributed by atoms with Crippen molar-refractivity contribution in [3.8, 4) is 5.75 Å². The van der Waals surface area contributed by atoms with E-state index in [1.54, 1.807) is 18.2 Å². The van der Waals surface area contributed by atoms with Gasteiger partial charge in [0.15, 0.2) is 0 Å². The summed E-state index contributed by atoms with van der Waals surface area (Å²) < 4.78 is 21.3. The normalized spacial score (nSPS) is 22.0. The van der Waals surface area contributed by atoms with Crippen molar-refractivity contribution >= 4 is 28.6 Å². The number of piperidine rings is 1. The van der Waals surface area contributed by atoms with Crippen molar-refractivity contribution in [2.75, 3.05) is 13.1 Å². The van der Waals surface area contributed by atoms with E-state index in [1.807, 2.05) is 31.2 Å². The highest BCUT2D eigenvalue weighted by Crippen LogP contribution is 2.31. The molecule has 3 aliphatic rings. The molecule has 0 radical (unpaired) electrons. The Balaban J connectivity index is 1.10. The van der Waals surface area contributed by atoms with Gasteiger partial charge in [0.25, 0.3) is 5.91 Å². The number of hydrogen-bond donors (Lipinski definition) is 1. The molecule has 3 amide bonds. The summed E-state index contributed by atoms with van der Waals surface area (Å²) in [6.45, 7) is 4.16. The maximum Gasteiger partial charge on any atom is 0.255 e. The molecule has 0 bridgehead atoms. The second kappa shape index (κ2) is 9.23. The third kappa shape index (κ3) is 4.44. The summed E-state index contributed by atoms with van der Waals surface area (Å²) in [5, 5.41) is 2.86. The highest BCUT2D eigenvalue weighted by atomic mass is 19.1. The van der Waals surface area contributed by atoms with Crippen LogP contribution in [0.15, 0.2) is 42.5 Å². The Morgan fingerprint density at radius 1 is 1.11 bits per heavy atom. The maximum absolute atomic E-state index is 15.1. The van der Waals surface area contributed by atoms with Crippen LogP contribution in [-0.2, 0) is 22.7 Å². The van der Waals surface area contributed by atoms with E-state index < -0.39 is 11.9 Å². The molecule has 2 saturated heterocycles. The number of nitrogens with zero attached hydrogens (tertiary/aromatic N) is 3. The molecule has 2 atom stereocenters. The molecule has 1 aromatic heterocycles. The fraction of sp³-hybridized carbons (Fsp3) is 0.357. The van der Waals surface area contributed by atoms with Crippen molar-refractivity contribution in [2.45, 2.75) is 51.4 Å². The van der Waals surface area contributed by atoms with Gasteiger partial charge in [0.1, 0.15) is 23.7 Å². The molecule has 0 aliphatic carbocycles. The molecule has 3 aliphatic heterocycles. The number of nitrogens with one attached hydrogen (secondary N) is 1. The zero-order chi connectivity index (χ0) is 25.7. The molecule has 8 nitrogen and oxygen atoms in total. The van der Waals surface area contributed by atoms with Gasteiger partial charge in [-0.05, 0) is 61.7 Å². The van der Waals surface area contributed by atoms with Gasteiger partial charge in [-0.3, -0.25) is 29.6 Å². The summed E-state index contributed by atoms with van der Waals surface area (Å²) in [6.07, 6.45) is 1.32. The lowest BCUT2D eigenvalue weighted by molar-refractivity contribution is -0.136. The van der Waals surface area contributed by atoms with Crippen LogP contribution in [0.1, 0.15) is 46.4 Å². The lowest BCUT2D eigenvalue weighted by Crippen LogP contribution is -2.52. The average molecular weight is 503 g/mol. The lowest BCUT2D eigenvalue weighted by Gasteiger charge is -2.29. The average Bonchev–Trinajstić information content (AvgIpc) is 3.44. The second-order valence-electron chi connectivity index (χ2n) is 10.0. The molecule has 4 heterocycles. The molecule has 0 saturated carbocycles. The number of hydrogen-bond acceptors (Lipinski definition) is 6. The highest BCUT2D eigenvalue weighted by Gasteiger charge is 2.39. The first-order chi connectivity index (χ1) is 17.9. The summed E-state index contributed by atoms with van der Waals surface area (Å²) in [6, 6.07) is 12.0. The quantitative estimate of drug-likeness (QED) is 0.539. The highest BCUT2D eigenvalue weighted by molar-refractivity contribution is 6.05. The molecular weight excluding hydrogens is 475 g/mol. The van der Waals surface area contributed by atoms with Crippen LogP contribution < -0.4 is 10.1 Å². The van der Waals surface area contributed by atoms with Crippen LogP contribution in [-0.4, -0.2) is 57.7 Å². The van der Waals surface area contributed by atoms with Crippen LogP contribution in [0.3, 0.4) is 0 Å². The SMILES string of the molecule is Cc1ccc2c(F)c(CN3CC[C@H](Oc4ccc5c(c4)CN(C4CCC(=O)NC4=O)C5=O)C3)ccc2n1. The Kier molecular flexibility index (Phi) is 5.87. The zero-order valence-corrected chi connectivity index (χ0v) is 20.5. The largest absolute Gasteiger partial charge is 0.489 e. The van der Waals surface area contributed by atoms with Crippen LogP contribution in [0.25, 0.3) is 10.9 Å². The summed E-state index contributed by atoms with van der Waals surface area (Å²) in [7, 11) is 0. The number of aryl methyl sites for hydroxylation is 1. The van der Waals surface area contributed by atoms with E-state index in [4.69, 9.17) is 4.74 Å². The number of pyridine rings is 1. The number of ether oxygens (including phenoxy) is 1.